The molecule has 0 aromatic carbocycles. The maximum Gasteiger partial charge on any atom is 0.291 e. The summed E-state index contributed by atoms with van der Waals surface area (Å²) in [6, 6.07) is 3.87. The summed E-state index contributed by atoms with van der Waals surface area (Å²) < 4.78 is 16.1. The SMILES string of the molecule is Cc1[nH]nc(-c2ccc(-c3cnn4c(N)c(C5CC5)c(C5CC6CCC(C5)N6C(=O)c5ncn[nH]5)nc34)cn2)c1F. The van der Waals surface area contributed by atoms with Gasteiger partial charge >= 0.3 is 0 Å². The topological polar surface area (TPSA) is 160 Å². The van der Waals surface area contributed by atoms with Crippen molar-refractivity contribution >= 4 is 17.4 Å². The maximum absolute atomic E-state index is 14.4. The number of nitrogens with zero attached hydrogens (tertiary/aromatic N) is 8. The van der Waals surface area contributed by atoms with Crippen LogP contribution >= 0.6 is 0 Å². The Morgan fingerprint density at radius 3 is 2.49 bits per heavy atom. The van der Waals surface area contributed by atoms with Crippen LogP contribution in [0.15, 0.2) is 30.9 Å². The van der Waals surface area contributed by atoms with Crippen LogP contribution in [0.25, 0.3) is 28.2 Å². The number of fused-ring (bicyclic) bond motifs is 3. The van der Waals surface area contributed by atoms with Crippen molar-refractivity contribution in [2.24, 2.45) is 0 Å². The highest BCUT2D eigenvalue weighted by molar-refractivity contribution is 5.91. The van der Waals surface area contributed by atoms with Gasteiger partial charge < -0.3 is 10.6 Å². The number of pyridine rings is 1. The van der Waals surface area contributed by atoms with Gasteiger partial charge in [0, 0.05) is 40.9 Å². The minimum absolute atomic E-state index is 0.0855. The van der Waals surface area contributed by atoms with Gasteiger partial charge in [-0.25, -0.2) is 14.4 Å². The quantitative estimate of drug-likeness (QED) is 0.297. The summed E-state index contributed by atoms with van der Waals surface area (Å²) in [5.74, 6) is 0.993. The van der Waals surface area contributed by atoms with Crippen molar-refractivity contribution in [2.75, 3.05) is 5.73 Å². The number of hydrogen-bond acceptors (Lipinski definition) is 8. The molecule has 208 valence electrons. The lowest BCUT2D eigenvalue weighted by atomic mass is 9.85. The highest BCUT2D eigenvalue weighted by Gasteiger charge is 2.46. The third kappa shape index (κ3) is 3.75. The predicted molar refractivity (Wildman–Crippen MR) is 146 cm³/mol. The summed E-state index contributed by atoms with van der Waals surface area (Å²) in [5, 5.41) is 17.9. The number of halogens is 1. The van der Waals surface area contributed by atoms with Crippen LogP contribution in [0.1, 0.15) is 77.9 Å². The number of nitrogens with two attached hydrogens (primary N) is 1. The summed E-state index contributed by atoms with van der Waals surface area (Å²) in [6.45, 7) is 1.63. The van der Waals surface area contributed by atoms with Crippen molar-refractivity contribution in [1.82, 2.24) is 49.9 Å². The Balaban J connectivity index is 1.16. The third-order valence-electron chi connectivity index (χ3n) is 8.90. The molecule has 0 radical (unpaired) electrons. The van der Waals surface area contributed by atoms with E-state index in [-0.39, 0.29) is 35.4 Å². The molecule has 2 atom stereocenters. The van der Waals surface area contributed by atoms with Crippen LogP contribution < -0.4 is 5.73 Å². The first kappa shape index (κ1) is 24.1. The van der Waals surface area contributed by atoms with E-state index in [1.807, 2.05) is 11.0 Å². The molecule has 1 amide bonds. The van der Waals surface area contributed by atoms with Crippen LogP contribution in [0.3, 0.4) is 0 Å². The second kappa shape index (κ2) is 8.91. The molecule has 41 heavy (non-hydrogen) atoms. The standard InChI is InChI=1S/C28H28FN11O/c1-13-22(29)24(37-36-13)20-7-4-15(10-31-20)19-11-34-40-25(30)21(14-2-3-14)23(35-27(19)40)16-8-17-5-6-18(9-16)39(17)28(41)26-32-12-33-38-26/h4,7,10-12,14,16-18H,2-3,5-6,8-9,30H2,1H3,(H,36,37)(H,32,33,38). The molecule has 5 aromatic heterocycles. The first-order valence-corrected chi connectivity index (χ1v) is 14.0. The van der Waals surface area contributed by atoms with E-state index in [4.69, 9.17) is 10.7 Å². The molecule has 3 fully saturated rings. The first-order valence-electron chi connectivity index (χ1n) is 14.0. The third-order valence-corrected chi connectivity index (χ3v) is 8.90. The molecule has 5 aromatic rings. The van der Waals surface area contributed by atoms with Crippen molar-refractivity contribution in [3.63, 3.8) is 0 Å². The Hall–Kier alpha value is -4.68. The zero-order chi connectivity index (χ0) is 27.8. The predicted octanol–water partition coefficient (Wildman–Crippen LogP) is 3.76. The molecular weight excluding hydrogens is 525 g/mol. The number of aromatic nitrogens is 9. The Labute approximate surface area is 233 Å². The van der Waals surface area contributed by atoms with Gasteiger partial charge in [-0.2, -0.15) is 19.8 Å². The second-order valence-corrected chi connectivity index (χ2v) is 11.4. The summed E-state index contributed by atoms with van der Waals surface area (Å²) in [5.41, 5.74) is 12.2. The van der Waals surface area contributed by atoms with Crippen LogP contribution in [0.5, 0.6) is 0 Å². The number of H-pyrrole nitrogens is 2. The normalized spacial score (nSPS) is 22.1. The molecule has 7 heterocycles. The van der Waals surface area contributed by atoms with Crippen LogP contribution in [-0.4, -0.2) is 67.9 Å². The monoisotopic (exact) mass is 553 g/mol. The van der Waals surface area contributed by atoms with Crippen LogP contribution in [-0.2, 0) is 0 Å². The van der Waals surface area contributed by atoms with Crippen LogP contribution in [0.2, 0.25) is 0 Å². The van der Waals surface area contributed by atoms with E-state index < -0.39 is 5.82 Å². The van der Waals surface area contributed by atoms with Crippen LogP contribution in [0, 0.1) is 12.7 Å². The highest BCUT2D eigenvalue weighted by Crippen LogP contribution is 2.50. The summed E-state index contributed by atoms with van der Waals surface area (Å²) in [7, 11) is 0. The number of piperidine rings is 1. The maximum atomic E-state index is 14.4. The Morgan fingerprint density at radius 1 is 1.05 bits per heavy atom. The van der Waals surface area contributed by atoms with Gasteiger partial charge in [0.2, 0.25) is 5.82 Å². The molecule has 2 saturated heterocycles. The molecule has 8 rings (SSSR count). The Kier molecular flexibility index (Phi) is 5.25. The fourth-order valence-electron chi connectivity index (χ4n) is 6.79. The van der Waals surface area contributed by atoms with Crippen molar-refractivity contribution in [3.05, 3.63) is 59.4 Å². The lowest BCUT2D eigenvalue weighted by Gasteiger charge is -2.39. The van der Waals surface area contributed by atoms with Gasteiger partial charge in [-0.1, -0.05) is 6.07 Å². The van der Waals surface area contributed by atoms with Gasteiger partial charge in [-0.05, 0) is 57.4 Å². The molecular formula is C28H28FN11O. The number of anilines is 1. The number of amides is 1. The van der Waals surface area contributed by atoms with Crippen molar-refractivity contribution in [1.29, 1.82) is 0 Å². The van der Waals surface area contributed by atoms with E-state index in [1.165, 1.54) is 6.33 Å². The number of nitrogen functional groups attached to an aromatic ring is 1. The van der Waals surface area contributed by atoms with Gasteiger partial charge in [0.15, 0.2) is 11.5 Å². The van der Waals surface area contributed by atoms with E-state index >= 15 is 0 Å². The van der Waals surface area contributed by atoms with Crippen molar-refractivity contribution < 1.29 is 9.18 Å². The summed E-state index contributed by atoms with van der Waals surface area (Å²) in [4.78, 5) is 29.0. The average Bonchev–Trinajstić information content (AvgIpc) is 3.27. The zero-order valence-corrected chi connectivity index (χ0v) is 22.4. The summed E-state index contributed by atoms with van der Waals surface area (Å²) >= 11 is 0. The highest BCUT2D eigenvalue weighted by atomic mass is 19.1. The molecule has 13 heteroatoms. The molecule has 2 aliphatic heterocycles. The lowest BCUT2D eigenvalue weighted by Crippen LogP contribution is -2.46. The number of hydrogen-bond donors (Lipinski definition) is 3. The minimum atomic E-state index is -0.407. The zero-order valence-electron chi connectivity index (χ0n) is 22.4. The molecule has 1 aliphatic carbocycles. The number of aryl methyl sites for hydroxylation is 1. The van der Waals surface area contributed by atoms with Gasteiger partial charge in [0.1, 0.15) is 17.8 Å². The molecule has 4 N–H and O–H groups in total. The Bertz CT molecular complexity index is 1770. The van der Waals surface area contributed by atoms with Gasteiger partial charge in [-0.3, -0.25) is 20.0 Å². The fraction of sp³-hybridized carbons (Fsp3) is 0.393. The molecule has 0 spiro atoms. The number of carbonyl (C=O) groups excluding carboxylic acids is 1. The second-order valence-electron chi connectivity index (χ2n) is 11.4. The van der Waals surface area contributed by atoms with Crippen molar-refractivity contribution in [3.8, 4) is 22.5 Å². The number of nitrogens with one attached hydrogen (secondary N) is 2. The number of aromatic amines is 2. The van der Waals surface area contributed by atoms with Gasteiger partial charge in [0.25, 0.3) is 5.91 Å². The molecule has 1 saturated carbocycles. The number of carbonyl (C=O) groups is 1. The molecule has 2 unspecified atom stereocenters. The summed E-state index contributed by atoms with van der Waals surface area (Å²) in [6.07, 6.45) is 10.6. The smallest absolute Gasteiger partial charge is 0.291 e. The van der Waals surface area contributed by atoms with Crippen LogP contribution in [0.4, 0.5) is 10.2 Å². The lowest BCUT2D eigenvalue weighted by molar-refractivity contribution is 0.0557. The fourth-order valence-corrected chi connectivity index (χ4v) is 6.79. The number of rotatable bonds is 5. The molecule has 2 bridgehead atoms. The molecule has 3 aliphatic rings. The van der Waals surface area contributed by atoms with E-state index in [1.54, 1.807) is 29.9 Å². The first-order chi connectivity index (χ1) is 20.0. The van der Waals surface area contributed by atoms with E-state index in [0.717, 1.165) is 60.9 Å². The van der Waals surface area contributed by atoms with E-state index in [9.17, 15) is 9.18 Å². The van der Waals surface area contributed by atoms with Crippen molar-refractivity contribution in [2.45, 2.75) is 69.4 Å². The Morgan fingerprint density at radius 2 is 1.85 bits per heavy atom. The molecule has 12 nitrogen and oxygen atoms in total. The van der Waals surface area contributed by atoms with Gasteiger partial charge in [0.05, 0.1) is 23.3 Å². The largest absolute Gasteiger partial charge is 0.383 e. The van der Waals surface area contributed by atoms with Gasteiger partial charge in [-0.15, -0.1) is 0 Å². The minimum Gasteiger partial charge on any atom is -0.383 e. The average molecular weight is 554 g/mol. The van der Waals surface area contributed by atoms with E-state index in [2.05, 4.69) is 35.5 Å². The van der Waals surface area contributed by atoms with E-state index in [0.29, 0.717) is 28.8 Å².